The smallest absolute Gasteiger partial charge is 0.144 e. The van der Waals surface area contributed by atoms with Crippen LogP contribution in [0.15, 0.2) is 16.6 Å². The minimum atomic E-state index is -0.561. The highest BCUT2D eigenvalue weighted by Gasteiger charge is 2.24. The summed E-state index contributed by atoms with van der Waals surface area (Å²) in [4.78, 5) is 0. The van der Waals surface area contributed by atoms with E-state index in [0.29, 0.717) is 6.54 Å². The molecule has 0 amide bonds. The number of hydrogen-bond acceptors (Lipinski definition) is 2. The van der Waals surface area contributed by atoms with Gasteiger partial charge in [0.2, 0.25) is 0 Å². The average molecular weight is 320 g/mol. The van der Waals surface area contributed by atoms with E-state index in [1.165, 1.54) is 12.1 Å². The summed E-state index contributed by atoms with van der Waals surface area (Å²) in [5.74, 6) is -0.909. The number of halogens is 3. The molecule has 1 fully saturated rings. The summed E-state index contributed by atoms with van der Waals surface area (Å²) in [5.41, 5.74) is 0.0388. The maximum atomic E-state index is 13.7. The van der Waals surface area contributed by atoms with Crippen LogP contribution in [0.5, 0.6) is 0 Å². The monoisotopic (exact) mass is 319 g/mol. The fourth-order valence-corrected chi connectivity index (χ4v) is 2.74. The largest absolute Gasteiger partial charge is 0.393 e. The maximum absolute atomic E-state index is 13.7. The molecular formula is C13H16BrF2NO. The molecule has 2 unspecified atom stereocenters. The number of nitrogens with one attached hydrogen (secondary N) is 1. The van der Waals surface area contributed by atoms with Gasteiger partial charge in [-0.25, -0.2) is 8.78 Å². The zero-order valence-electron chi connectivity index (χ0n) is 9.93. The van der Waals surface area contributed by atoms with Crippen molar-refractivity contribution < 1.29 is 13.9 Å². The molecule has 1 saturated carbocycles. The van der Waals surface area contributed by atoms with Crippen LogP contribution in [0.4, 0.5) is 8.78 Å². The van der Waals surface area contributed by atoms with E-state index in [0.717, 1.165) is 19.3 Å². The summed E-state index contributed by atoms with van der Waals surface area (Å²) in [6, 6.07) is 2.60. The number of aliphatic hydroxyl groups excluding tert-OH is 1. The van der Waals surface area contributed by atoms with Crippen LogP contribution in [0.1, 0.15) is 24.8 Å². The molecule has 100 valence electrons. The standard InChI is InChI=1S/C13H16BrF2NO/c14-10-4-5-11(15)9(13(10)16)7-17-6-8-2-1-3-12(8)18/h4-5,8,12,17-18H,1-3,6-7H2. The Labute approximate surface area is 114 Å². The molecule has 0 aromatic heterocycles. The molecular weight excluding hydrogens is 304 g/mol. The Morgan fingerprint density at radius 1 is 1.33 bits per heavy atom. The second kappa shape index (κ2) is 6.08. The topological polar surface area (TPSA) is 32.3 Å². The molecule has 0 saturated heterocycles. The van der Waals surface area contributed by atoms with E-state index in [2.05, 4.69) is 21.2 Å². The third kappa shape index (κ3) is 3.08. The molecule has 2 atom stereocenters. The lowest BCUT2D eigenvalue weighted by atomic mass is 10.1. The molecule has 2 rings (SSSR count). The lowest BCUT2D eigenvalue weighted by Crippen LogP contribution is -2.28. The molecule has 1 aliphatic carbocycles. The Morgan fingerprint density at radius 3 is 2.78 bits per heavy atom. The van der Waals surface area contributed by atoms with Crippen molar-refractivity contribution in [3.8, 4) is 0 Å². The van der Waals surface area contributed by atoms with E-state index < -0.39 is 11.6 Å². The molecule has 5 heteroatoms. The lowest BCUT2D eigenvalue weighted by Gasteiger charge is -2.15. The lowest BCUT2D eigenvalue weighted by molar-refractivity contribution is 0.131. The molecule has 1 aromatic rings. The summed E-state index contributed by atoms with van der Waals surface area (Å²) < 4.78 is 27.4. The Kier molecular flexibility index (Phi) is 4.70. The minimum absolute atomic E-state index is 0.0388. The summed E-state index contributed by atoms with van der Waals surface area (Å²) in [6.07, 6.45) is 2.53. The van der Waals surface area contributed by atoms with Crippen molar-refractivity contribution in [2.24, 2.45) is 5.92 Å². The predicted octanol–water partition coefficient (Wildman–Crippen LogP) is 2.98. The Bertz CT molecular complexity index is 428. The first-order chi connectivity index (χ1) is 8.59. The van der Waals surface area contributed by atoms with E-state index >= 15 is 0 Å². The number of benzene rings is 1. The van der Waals surface area contributed by atoms with E-state index in [-0.39, 0.29) is 28.6 Å². The number of aliphatic hydroxyl groups is 1. The van der Waals surface area contributed by atoms with E-state index in [1.54, 1.807) is 0 Å². The molecule has 1 aromatic carbocycles. The Morgan fingerprint density at radius 2 is 2.11 bits per heavy atom. The van der Waals surface area contributed by atoms with Gasteiger partial charge in [0, 0.05) is 18.7 Å². The first-order valence-corrected chi connectivity index (χ1v) is 6.90. The van der Waals surface area contributed by atoms with Gasteiger partial charge in [0.15, 0.2) is 0 Å². The van der Waals surface area contributed by atoms with Crippen molar-refractivity contribution >= 4 is 15.9 Å². The van der Waals surface area contributed by atoms with Crippen LogP contribution in [0, 0.1) is 17.6 Å². The van der Waals surface area contributed by atoms with Crippen LogP contribution in [0.2, 0.25) is 0 Å². The molecule has 2 nitrogen and oxygen atoms in total. The zero-order valence-corrected chi connectivity index (χ0v) is 11.5. The molecule has 0 heterocycles. The van der Waals surface area contributed by atoms with E-state index in [9.17, 15) is 13.9 Å². The molecule has 1 aliphatic rings. The average Bonchev–Trinajstić information content (AvgIpc) is 2.74. The van der Waals surface area contributed by atoms with Crippen molar-refractivity contribution in [2.75, 3.05) is 6.54 Å². The van der Waals surface area contributed by atoms with Gasteiger partial charge in [0.25, 0.3) is 0 Å². The first kappa shape index (κ1) is 13.9. The summed E-state index contributed by atoms with van der Waals surface area (Å²) >= 11 is 3.04. The van der Waals surface area contributed by atoms with Gasteiger partial charge in [-0.3, -0.25) is 0 Å². The molecule has 18 heavy (non-hydrogen) atoms. The Hall–Kier alpha value is -0.520. The quantitative estimate of drug-likeness (QED) is 0.836. The fraction of sp³-hybridized carbons (Fsp3) is 0.538. The van der Waals surface area contributed by atoms with Crippen LogP contribution < -0.4 is 5.32 Å². The molecule has 0 bridgehead atoms. The van der Waals surface area contributed by atoms with Gasteiger partial charge < -0.3 is 10.4 Å². The second-order valence-electron chi connectivity index (χ2n) is 4.71. The van der Waals surface area contributed by atoms with E-state index in [1.807, 2.05) is 0 Å². The highest BCUT2D eigenvalue weighted by molar-refractivity contribution is 9.10. The highest BCUT2D eigenvalue weighted by Crippen LogP contribution is 2.25. The molecule has 0 aliphatic heterocycles. The summed E-state index contributed by atoms with van der Waals surface area (Å²) in [7, 11) is 0. The van der Waals surface area contributed by atoms with Crippen molar-refractivity contribution in [3.63, 3.8) is 0 Å². The van der Waals surface area contributed by atoms with Crippen molar-refractivity contribution in [3.05, 3.63) is 33.8 Å². The molecule has 2 N–H and O–H groups in total. The van der Waals surface area contributed by atoms with Crippen LogP contribution in [-0.2, 0) is 6.54 Å². The van der Waals surface area contributed by atoms with Crippen molar-refractivity contribution in [1.82, 2.24) is 5.32 Å². The van der Waals surface area contributed by atoms with Crippen LogP contribution in [0.3, 0.4) is 0 Å². The van der Waals surface area contributed by atoms with Gasteiger partial charge in [-0.1, -0.05) is 6.42 Å². The van der Waals surface area contributed by atoms with Gasteiger partial charge in [-0.2, -0.15) is 0 Å². The maximum Gasteiger partial charge on any atom is 0.144 e. The van der Waals surface area contributed by atoms with Gasteiger partial charge in [0.05, 0.1) is 10.6 Å². The van der Waals surface area contributed by atoms with Gasteiger partial charge in [-0.05, 0) is 46.8 Å². The number of hydrogen-bond donors (Lipinski definition) is 2. The summed E-state index contributed by atoms with van der Waals surface area (Å²) in [5, 5.41) is 12.7. The Balaban J connectivity index is 1.92. The van der Waals surface area contributed by atoms with E-state index in [4.69, 9.17) is 0 Å². The zero-order chi connectivity index (χ0) is 13.1. The third-order valence-corrected chi connectivity index (χ3v) is 4.08. The van der Waals surface area contributed by atoms with Crippen LogP contribution >= 0.6 is 15.9 Å². The molecule has 0 radical (unpaired) electrons. The predicted molar refractivity (Wildman–Crippen MR) is 69.1 cm³/mol. The van der Waals surface area contributed by atoms with Gasteiger partial charge in [-0.15, -0.1) is 0 Å². The minimum Gasteiger partial charge on any atom is -0.393 e. The third-order valence-electron chi connectivity index (χ3n) is 3.47. The van der Waals surface area contributed by atoms with Crippen molar-refractivity contribution in [1.29, 1.82) is 0 Å². The number of rotatable bonds is 4. The normalized spacial score (nSPS) is 23.6. The fourth-order valence-electron chi connectivity index (χ4n) is 2.37. The SMILES string of the molecule is OC1CCCC1CNCc1c(F)ccc(Br)c1F. The van der Waals surface area contributed by atoms with Crippen molar-refractivity contribution in [2.45, 2.75) is 31.9 Å². The van der Waals surface area contributed by atoms with Gasteiger partial charge >= 0.3 is 0 Å². The highest BCUT2D eigenvalue weighted by atomic mass is 79.9. The van der Waals surface area contributed by atoms with Gasteiger partial charge in [0.1, 0.15) is 11.6 Å². The van der Waals surface area contributed by atoms with Crippen LogP contribution in [0.25, 0.3) is 0 Å². The first-order valence-electron chi connectivity index (χ1n) is 6.10. The second-order valence-corrected chi connectivity index (χ2v) is 5.57. The van der Waals surface area contributed by atoms with Crippen LogP contribution in [-0.4, -0.2) is 17.8 Å². The molecule has 0 spiro atoms. The summed E-state index contributed by atoms with van der Waals surface area (Å²) in [6.45, 7) is 0.729.